The van der Waals surface area contributed by atoms with Gasteiger partial charge in [0.2, 0.25) is 5.88 Å². The number of esters is 1. The zero-order valence-corrected chi connectivity index (χ0v) is 15.2. The summed E-state index contributed by atoms with van der Waals surface area (Å²) >= 11 is 0. The Bertz CT molecular complexity index is 951. The van der Waals surface area contributed by atoms with Crippen LogP contribution in [-0.2, 0) is 9.47 Å². The van der Waals surface area contributed by atoms with Crippen molar-refractivity contribution in [3.63, 3.8) is 0 Å². The molecule has 1 atom stereocenters. The summed E-state index contributed by atoms with van der Waals surface area (Å²) in [4.78, 5) is 11.9. The minimum atomic E-state index is -0.374. The van der Waals surface area contributed by atoms with E-state index in [1.54, 1.807) is 19.1 Å². The molecule has 0 spiro atoms. The molecule has 136 valence electrons. The number of rotatable bonds is 4. The van der Waals surface area contributed by atoms with Crippen LogP contribution in [0.3, 0.4) is 0 Å². The van der Waals surface area contributed by atoms with E-state index in [1.807, 2.05) is 49.4 Å². The molecule has 0 saturated carbocycles. The highest BCUT2D eigenvalue weighted by Gasteiger charge is 2.32. The fourth-order valence-electron chi connectivity index (χ4n) is 3.23. The number of allylic oxidation sites excluding steroid dienone is 3. The Labute approximate surface area is 158 Å². The van der Waals surface area contributed by atoms with Crippen LogP contribution in [0.5, 0.6) is 0 Å². The summed E-state index contributed by atoms with van der Waals surface area (Å²) in [5.74, 6) is 0.00955. The average Bonchev–Trinajstić information content (AvgIpc) is 2.68. The molecule has 0 amide bonds. The van der Waals surface area contributed by atoms with Crippen LogP contribution in [0, 0.1) is 11.3 Å². The van der Waals surface area contributed by atoms with Gasteiger partial charge in [0.05, 0.1) is 18.1 Å². The van der Waals surface area contributed by atoms with E-state index in [1.165, 1.54) is 0 Å². The maximum absolute atomic E-state index is 11.9. The van der Waals surface area contributed by atoms with E-state index in [-0.39, 0.29) is 17.8 Å². The van der Waals surface area contributed by atoms with Crippen molar-refractivity contribution in [1.82, 2.24) is 0 Å². The van der Waals surface area contributed by atoms with Gasteiger partial charge >= 0.3 is 5.97 Å². The van der Waals surface area contributed by atoms with Crippen molar-refractivity contribution in [3.05, 3.63) is 88.5 Å². The Balaban J connectivity index is 2.09. The number of benzene rings is 2. The molecule has 1 heterocycles. The number of hydrogen-bond donors (Lipinski definition) is 1. The van der Waals surface area contributed by atoms with Crippen molar-refractivity contribution in [1.29, 1.82) is 5.26 Å². The number of nitrogens with two attached hydrogens (primary N) is 1. The summed E-state index contributed by atoms with van der Waals surface area (Å²) < 4.78 is 10.7. The summed E-state index contributed by atoms with van der Waals surface area (Å²) in [7, 11) is 0. The Morgan fingerprint density at radius 3 is 2.44 bits per heavy atom. The van der Waals surface area contributed by atoms with E-state index in [0.29, 0.717) is 23.5 Å². The highest BCUT2D eigenvalue weighted by molar-refractivity contribution is 5.89. The Hall–Kier alpha value is -3.52. The first-order valence-corrected chi connectivity index (χ1v) is 8.67. The molecule has 5 heteroatoms. The van der Waals surface area contributed by atoms with Crippen molar-refractivity contribution in [2.45, 2.75) is 19.8 Å². The lowest BCUT2D eigenvalue weighted by atomic mass is 9.80. The van der Waals surface area contributed by atoms with E-state index < -0.39 is 0 Å². The van der Waals surface area contributed by atoms with Gasteiger partial charge in [-0.25, -0.2) is 4.79 Å². The second-order valence-electron chi connectivity index (χ2n) is 6.10. The predicted octanol–water partition coefficient (Wildman–Crippen LogP) is 4.10. The molecule has 1 aliphatic rings. The van der Waals surface area contributed by atoms with Crippen molar-refractivity contribution >= 4 is 11.5 Å². The topological polar surface area (TPSA) is 85.3 Å². The van der Waals surface area contributed by atoms with Gasteiger partial charge in [-0.15, -0.1) is 0 Å². The quantitative estimate of drug-likeness (QED) is 0.830. The van der Waals surface area contributed by atoms with Gasteiger partial charge in [0.15, 0.2) is 0 Å². The molecule has 3 rings (SSSR count). The lowest BCUT2D eigenvalue weighted by molar-refractivity contribution is 0.0526. The third kappa shape index (κ3) is 3.56. The molecule has 0 aliphatic carbocycles. The molecule has 2 aromatic carbocycles. The Kier molecular flexibility index (Phi) is 5.28. The summed E-state index contributed by atoms with van der Waals surface area (Å²) in [6.07, 6.45) is 0. The van der Waals surface area contributed by atoms with Crippen LogP contribution in [0.25, 0.3) is 5.57 Å². The second kappa shape index (κ2) is 7.79. The molecule has 27 heavy (non-hydrogen) atoms. The zero-order valence-electron chi connectivity index (χ0n) is 15.2. The molecular formula is C22H20N2O3. The van der Waals surface area contributed by atoms with Gasteiger partial charge < -0.3 is 15.2 Å². The van der Waals surface area contributed by atoms with Crippen LogP contribution in [0.15, 0.2) is 71.8 Å². The SMILES string of the molecule is CCOC(=O)c1ccc([C@H]2C(C#N)=C(N)OC(C)=C2c2ccccc2)cc1. The smallest absolute Gasteiger partial charge is 0.338 e. The van der Waals surface area contributed by atoms with Gasteiger partial charge in [0.25, 0.3) is 0 Å². The first-order valence-electron chi connectivity index (χ1n) is 8.67. The van der Waals surface area contributed by atoms with E-state index in [4.69, 9.17) is 15.2 Å². The third-order valence-electron chi connectivity index (χ3n) is 4.45. The maximum atomic E-state index is 11.9. The largest absolute Gasteiger partial charge is 0.462 e. The van der Waals surface area contributed by atoms with Crippen molar-refractivity contribution in [2.75, 3.05) is 6.61 Å². The molecule has 1 aliphatic heterocycles. The zero-order chi connectivity index (χ0) is 19.4. The van der Waals surface area contributed by atoms with E-state index in [0.717, 1.165) is 16.7 Å². The number of carbonyl (C=O) groups excluding carboxylic acids is 1. The monoisotopic (exact) mass is 360 g/mol. The van der Waals surface area contributed by atoms with Crippen molar-refractivity contribution in [3.8, 4) is 6.07 Å². The average molecular weight is 360 g/mol. The Morgan fingerprint density at radius 1 is 1.19 bits per heavy atom. The predicted molar refractivity (Wildman–Crippen MR) is 102 cm³/mol. The van der Waals surface area contributed by atoms with Crippen LogP contribution in [0.4, 0.5) is 0 Å². The first-order chi connectivity index (χ1) is 13.1. The van der Waals surface area contributed by atoms with Gasteiger partial charge in [-0.2, -0.15) is 5.26 Å². The fourth-order valence-corrected chi connectivity index (χ4v) is 3.23. The van der Waals surface area contributed by atoms with Crippen LogP contribution in [-0.4, -0.2) is 12.6 Å². The molecular weight excluding hydrogens is 340 g/mol. The summed E-state index contributed by atoms with van der Waals surface area (Å²) in [6, 6.07) is 19.0. The lowest BCUT2D eigenvalue weighted by Crippen LogP contribution is -2.19. The number of nitriles is 1. The standard InChI is InChI=1S/C22H20N2O3/c1-3-26-22(25)17-11-9-16(10-12-17)20-18(13-23)21(24)27-14(2)19(20)15-7-5-4-6-8-15/h4-12,20H,3,24H2,1-2H3/t20-/m0/s1. The lowest BCUT2D eigenvalue weighted by Gasteiger charge is -2.28. The molecule has 2 N–H and O–H groups in total. The van der Waals surface area contributed by atoms with Gasteiger partial charge in [0.1, 0.15) is 17.4 Å². The molecule has 2 aromatic rings. The minimum absolute atomic E-state index is 0.106. The molecule has 0 bridgehead atoms. The second-order valence-corrected chi connectivity index (χ2v) is 6.10. The summed E-state index contributed by atoms with van der Waals surface area (Å²) in [5, 5.41) is 9.69. The number of ether oxygens (including phenoxy) is 2. The number of carbonyl (C=O) groups is 1. The van der Waals surface area contributed by atoms with Gasteiger partial charge in [0, 0.05) is 5.57 Å². The maximum Gasteiger partial charge on any atom is 0.338 e. The minimum Gasteiger partial charge on any atom is -0.462 e. The molecule has 0 unspecified atom stereocenters. The van der Waals surface area contributed by atoms with E-state index in [2.05, 4.69) is 6.07 Å². The van der Waals surface area contributed by atoms with Crippen molar-refractivity contribution in [2.24, 2.45) is 5.73 Å². The molecule has 0 radical (unpaired) electrons. The van der Waals surface area contributed by atoms with Gasteiger partial charge in [-0.1, -0.05) is 42.5 Å². The van der Waals surface area contributed by atoms with Crippen LogP contribution in [0.1, 0.15) is 41.3 Å². The summed E-state index contributed by atoms with van der Waals surface area (Å²) in [6.45, 7) is 3.92. The Morgan fingerprint density at radius 2 is 1.85 bits per heavy atom. The first kappa shape index (κ1) is 18.3. The molecule has 0 saturated heterocycles. The normalized spacial score (nSPS) is 16.6. The van der Waals surface area contributed by atoms with E-state index >= 15 is 0 Å². The highest BCUT2D eigenvalue weighted by atomic mass is 16.5. The fraction of sp³-hybridized carbons (Fsp3) is 0.182. The van der Waals surface area contributed by atoms with E-state index in [9.17, 15) is 10.1 Å². The molecule has 5 nitrogen and oxygen atoms in total. The highest BCUT2D eigenvalue weighted by Crippen LogP contribution is 2.44. The van der Waals surface area contributed by atoms with Gasteiger partial charge in [-0.05, 0) is 37.1 Å². The third-order valence-corrected chi connectivity index (χ3v) is 4.45. The number of hydrogen-bond acceptors (Lipinski definition) is 5. The van der Waals surface area contributed by atoms with Crippen molar-refractivity contribution < 1.29 is 14.3 Å². The van der Waals surface area contributed by atoms with Crippen LogP contribution >= 0.6 is 0 Å². The molecule has 0 fully saturated rings. The molecule has 0 aromatic heterocycles. The van der Waals surface area contributed by atoms with Gasteiger partial charge in [-0.3, -0.25) is 0 Å². The van der Waals surface area contributed by atoms with Crippen LogP contribution < -0.4 is 5.73 Å². The number of nitrogens with zero attached hydrogens (tertiary/aromatic N) is 1. The van der Waals surface area contributed by atoms with Crippen LogP contribution in [0.2, 0.25) is 0 Å². The summed E-state index contributed by atoms with van der Waals surface area (Å²) in [5.41, 5.74) is 9.49.